The van der Waals surface area contributed by atoms with Crippen LogP contribution in [0, 0.1) is 22.9 Å². The second-order valence-electron chi connectivity index (χ2n) is 20.6. The Balaban J connectivity index is 1.07. The molecular formula is C61H54N4OPt-2. The number of fused-ring (bicyclic) bond motifs is 5. The molecule has 336 valence electrons. The molecule has 0 unspecified atom stereocenters. The molecule has 1 aliphatic carbocycles. The molecule has 0 radical (unpaired) electrons. The van der Waals surface area contributed by atoms with Crippen molar-refractivity contribution < 1.29 is 24.1 Å². The van der Waals surface area contributed by atoms with E-state index in [1.807, 2.05) is 18.3 Å². The van der Waals surface area contributed by atoms with Crippen molar-refractivity contribution in [2.24, 2.45) is 0 Å². The van der Waals surface area contributed by atoms with E-state index in [0.29, 0.717) is 11.5 Å². The van der Waals surface area contributed by atoms with Gasteiger partial charge in [0.15, 0.2) is 0 Å². The molecule has 3 heterocycles. The first-order chi connectivity index (χ1) is 32.2. The van der Waals surface area contributed by atoms with E-state index in [1.54, 1.807) is 0 Å². The van der Waals surface area contributed by atoms with Crippen molar-refractivity contribution in [3.05, 3.63) is 196 Å². The predicted octanol–water partition coefficient (Wildman–Crippen LogP) is 15.7. The number of ether oxygens (including phenoxy) is 1. The number of nitrogens with zero attached hydrogens (tertiary/aromatic N) is 4. The van der Waals surface area contributed by atoms with Crippen LogP contribution in [-0.2, 0) is 35.6 Å². The van der Waals surface area contributed by atoms with Crippen LogP contribution in [0.3, 0.4) is 0 Å². The Kier molecular flexibility index (Phi) is 10.3. The number of benzene rings is 7. The van der Waals surface area contributed by atoms with E-state index in [1.165, 1.54) is 44.3 Å². The maximum atomic E-state index is 6.80. The molecule has 0 N–H and O–H groups in total. The number of hydrogen-bond acceptors (Lipinski definition) is 2. The molecule has 3 aromatic heterocycles. The van der Waals surface area contributed by atoms with E-state index in [0.717, 1.165) is 66.9 Å². The third kappa shape index (κ3) is 7.43. The average Bonchev–Trinajstić information content (AvgIpc) is 3.80. The van der Waals surface area contributed by atoms with Gasteiger partial charge in [0.25, 0.3) is 0 Å². The van der Waals surface area contributed by atoms with Gasteiger partial charge in [-0.2, -0.15) is 0 Å². The fourth-order valence-electron chi connectivity index (χ4n) is 10.2. The van der Waals surface area contributed by atoms with Crippen molar-refractivity contribution in [2.75, 3.05) is 0 Å². The first kappa shape index (κ1) is 43.0. The standard InChI is InChI=1S/C61H54N4O.Pt/c1-40-28-31-62-57(32-40)65-55-36-46(26-27-47(55)50-37-51-52(38-56(50)65)61(7,8)30-29-60(51,5)6)66-45-23-17-22-44(35-45)63-39-64(54-25-16-15-24-53(54)63)58-48(41-18-11-9-12-19-41)33-43(59(2,3)4)34-49(58)42-20-13-10-14-21-42;/h9-28,31-34,37-38H,29-30H2,1-8H3;/q-2;. The van der Waals surface area contributed by atoms with Gasteiger partial charge in [0, 0.05) is 6.20 Å². The van der Waals surface area contributed by atoms with Crippen molar-refractivity contribution in [3.63, 3.8) is 0 Å². The topological polar surface area (TPSA) is 36.9 Å². The third-order valence-electron chi connectivity index (χ3n) is 14.0. The van der Waals surface area contributed by atoms with Gasteiger partial charge in [0.2, 0.25) is 0 Å². The number of para-hydroxylation sites is 2. The molecule has 7 aromatic carbocycles. The summed E-state index contributed by atoms with van der Waals surface area (Å²) in [5.74, 6) is 2.09. The molecule has 0 fully saturated rings. The van der Waals surface area contributed by atoms with Gasteiger partial charge >= 0.3 is 320 Å². The van der Waals surface area contributed by atoms with E-state index < -0.39 is 0 Å². The van der Waals surface area contributed by atoms with Gasteiger partial charge in [-0.3, -0.25) is 0 Å². The van der Waals surface area contributed by atoms with Crippen LogP contribution in [0.2, 0.25) is 0 Å². The van der Waals surface area contributed by atoms with Gasteiger partial charge < -0.3 is 0 Å². The molecule has 10 aromatic rings. The van der Waals surface area contributed by atoms with Crippen LogP contribution < -0.4 is 4.74 Å². The van der Waals surface area contributed by atoms with Crippen LogP contribution >= 0.6 is 0 Å². The zero-order valence-electron chi connectivity index (χ0n) is 39.4. The minimum atomic E-state index is -0.0726. The molecule has 11 rings (SSSR count). The molecule has 0 saturated heterocycles. The van der Waals surface area contributed by atoms with Crippen LogP contribution in [-0.4, -0.2) is 18.7 Å². The van der Waals surface area contributed by atoms with Gasteiger partial charge in [-0.15, -0.1) is 0 Å². The molecule has 0 bridgehead atoms. The monoisotopic (exact) mass is 1050 g/mol. The summed E-state index contributed by atoms with van der Waals surface area (Å²) in [7, 11) is 0. The van der Waals surface area contributed by atoms with Crippen LogP contribution in [0.5, 0.6) is 11.5 Å². The second kappa shape index (κ2) is 16.1. The summed E-state index contributed by atoms with van der Waals surface area (Å²) in [5, 5.41) is 2.34. The van der Waals surface area contributed by atoms with Crippen molar-refractivity contribution >= 4 is 32.8 Å². The van der Waals surface area contributed by atoms with Gasteiger partial charge in [-0.25, -0.2) is 0 Å². The molecule has 0 amide bonds. The third-order valence-corrected chi connectivity index (χ3v) is 15.1. The number of imidazole rings is 1. The number of aromatic nitrogens is 4. The van der Waals surface area contributed by atoms with E-state index in [4.69, 9.17) is 9.72 Å². The fourth-order valence-corrected chi connectivity index (χ4v) is 11.3. The molecule has 5 nitrogen and oxygen atoms in total. The number of aryl methyl sites for hydroxylation is 1. The van der Waals surface area contributed by atoms with Crippen LogP contribution in [0.15, 0.2) is 158 Å². The molecule has 0 atom stereocenters. The molecule has 0 aliphatic heterocycles. The smallest absolute Gasteiger partial charge is 0.0558 e. The Bertz CT molecular complexity index is 3560. The zero-order valence-corrected chi connectivity index (χ0v) is 41.7. The summed E-state index contributed by atoms with van der Waals surface area (Å²) >= 11 is 2.51. The van der Waals surface area contributed by atoms with Gasteiger partial charge in [-0.1, -0.05) is 27.7 Å². The summed E-state index contributed by atoms with van der Waals surface area (Å²) in [6, 6.07) is 62.0. The van der Waals surface area contributed by atoms with E-state index >= 15 is 0 Å². The van der Waals surface area contributed by atoms with E-state index in [2.05, 4.69) is 240 Å². The van der Waals surface area contributed by atoms with Gasteiger partial charge in [0.1, 0.15) is 0 Å². The maximum absolute atomic E-state index is 6.80. The molecular weight excluding hydrogens is 1000 g/mol. The summed E-state index contributed by atoms with van der Waals surface area (Å²) in [6.45, 7) is 18.6. The van der Waals surface area contributed by atoms with Gasteiger partial charge in [-0.05, 0) is 53.4 Å². The summed E-state index contributed by atoms with van der Waals surface area (Å²) in [5.41, 5.74) is 16.3. The molecule has 0 saturated carbocycles. The quantitative estimate of drug-likeness (QED) is 0.149. The van der Waals surface area contributed by atoms with Crippen molar-refractivity contribution in [2.45, 2.75) is 84.5 Å². The molecule has 0 spiro atoms. The first-order valence-corrected chi connectivity index (χ1v) is 24.5. The van der Waals surface area contributed by atoms with Crippen molar-refractivity contribution in [1.29, 1.82) is 0 Å². The summed E-state index contributed by atoms with van der Waals surface area (Å²) in [4.78, 5) is 4.93. The Morgan fingerprint density at radius 1 is 0.582 bits per heavy atom. The Hall–Kier alpha value is -6.55. The number of rotatable bonds is 7. The number of hydrogen-bond donors (Lipinski definition) is 0. The van der Waals surface area contributed by atoms with E-state index in [-0.39, 0.29) is 16.2 Å². The van der Waals surface area contributed by atoms with Crippen molar-refractivity contribution in [1.82, 2.24) is 18.7 Å². The Morgan fingerprint density at radius 2 is 1.18 bits per heavy atom. The predicted molar refractivity (Wildman–Crippen MR) is 272 cm³/mol. The zero-order chi connectivity index (χ0) is 46.4. The van der Waals surface area contributed by atoms with Crippen LogP contribution in [0.4, 0.5) is 0 Å². The minimum absolute atomic E-state index is 0.0621. The molecule has 1 aliphatic rings. The summed E-state index contributed by atoms with van der Waals surface area (Å²) in [6.07, 6.45) is 4.20. The SMILES string of the molecule is Cc1ccnc(-n2c3[c-]c(Oc4[c-]c(-n5[c](=[Pt])n(-c6c(-c7ccccc7)cc(C(C)(C)C)cc6-c6ccccc6)c6ccccc65)ccc4)ccc3c3cc4c(cc32)C(C)(C)CCC4(C)C)c1. The second-order valence-corrected chi connectivity index (χ2v) is 21.6. The Labute approximate surface area is 404 Å². The Morgan fingerprint density at radius 3 is 1.81 bits per heavy atom. The molecule has 67 heavy (non-hydrogen) atoms. The van der Waals surface area contributed by atoms with E-state index in [9.17, 15) is 0 Å². The normalized spacial score (nSPS) is 14.5. The van der Waals surface area contributed by atoms with Crippen LogP contribution in [0.1, 0.15) is 83.6 Å². The van der Waals surface area contributed by atoms with Crippen molar-refractivity contribution in [3.8, 4) is 50.9 Å². The first-order valence-electron chi connectivity index (χ1n) is 23.3. The fraction of sp³-hybridized carbons (Fsp3) is 0.213. The number of pyridine rings is 1. The molecule has 6 heteroatoms. The summed E-state index contributed by atoms with van der Waals surface area (Å²) < 4.78 is 14.8. The minimum Gasteiger partial charge on any atom is -0.0558 e. The average molecular weight is 1050 g/mol. The van der Waals surface area contributed by atoms with Crippen LogP contribution in [0.25, 0.3) is 72.3 Å². The van der Waals surface area contributed by atoms with Gasteiger partial charge in [0.05, 0.1) is 0 Å².